The lowest BCUT2D eigenvalue weighted by Gasteiger charge is -2.19. The number of rotatable bonds is 9. The van der Waals surface area contributed by atoms with Crippen molar-refractivity contribution in [2.24, 2.45) is 0 Å². The molecule has 2 N–H and O–H groups in total. The highest BCUT2D eigenvalue weighted by atomic mass is 19.1. The summed E-state index contributed by atoms with van der Waals surface area (Å²) in [6.07, 6.45) is 0.821. The first-order valence-electron chi connectivity index (χ1n) is 7.19. The summed E-state index contributed by atoms with van der Waals surface area (Å²) in [5.74, 6) is 0.218. The number of nitrogens with two attached hydrogens (primary N) is 1. The molecular formula is C15H25FN2O2. The monoisotopic (exact) mass is 284 g/mol. The van der Waals surface area contributed by atoms with E-state index in [0.29, 0.717) is 24.7 Å². The van der Waals surface area contributed by atoms with Crippen LogP contribution < -0.4 is 15.2 Å². The van der Waals surface area contributed by atoms with Gasteiger partial charge in [0.25, 0.3) is 0 Å². The first-order valence-corrected chi connectivity index (χ1v) is 7.19. The Balaban J connectivity index is 2.64. The average Bonchev–Trinajstić information content (AvgIpc) is 2.44. The topological polar surface area (TPSA) is 47.7 Å². The summed E-state index contributed by atoms with van der Waals surface area (Å²) >= 11 is 0. The van der Waals surface area contributed by atoms with Crippen LogP contribution in [0.5, 0.6) is 11.5 Å². The fourth-order valence-corrected chi connectivity index (χ4v) is 1.82. The smallest absolute Gasteiger partial charge is 0.167 e. The zero-order valence-electron chi connectivity index (χ0n) is 12.6. The van der Waals surface area contributed by atoms with Gasteiger partial charge in [-0.05, 0) is 19.5 Å². The molecule has 0 saturated carbocycles. The zero-order valence-corrected chi connectivity index (χ0v) is 12.6. The quantitative estimate of drug-likeness (QED) is 0.708. The zero-order chi connectivity index (χ0) is 15.0. The highest BCUT2D eigenvalue weighted by molar-refractivity contribution is 5.56. The molecule has 0 aliphatic carbocycles. The van der Waals surface area contributed by atoms with Crippen LogP contribution >= 0.6 is 0 Å². The predicted molar refractivity (Wildman–Crippen MR) is 79.9 cm³/mol. The summed E-state index contributed by atoms with van der Waals surface area (Å²) in [6, 6.07) is 2.78. The predicted octanol–water partition coefficient (Wildman–Crippen LogP) is 2.92. The molecule has 0 saturated heterocycles. The minimum absolute atomic E-state index is 0.193. The van der Waals surface area contributed by atoms with Crippen LogP contribution in [0.2, 0.25) is 0 Å². The number of nitrogen functional groups attached to an aromatic ring is 1. The lowest BCUT2D eigenvalue weighted by Crippen LogP contribution is -2.28. The van der Waals surface area contributed by atoms with Crippen molar-refractivity contribution in [3.63, 3.8) is 0 Å². The van der Waals surface area contributed by atoms with Crippen molar-refractivity contribution in [1.29, 1.82) is 0 Å². The Hall–Kier alpha value is -1.49. The second-order valence-corrected chi connectivity index (χ2v) is 4.54. The Morgan fingerprint density at radius 2 is 1.70 bits per heavy atom. The molecule has 114 valence electrons. The van der Waals surface area contributed by atoms with Gasteiger partial charge in [0.05, 0.1) is 12.3 Å². The largest absolute Gasteiger partial charge is 0.490 e. The molecule has 0 radical (unpaired) electrons. The Morgan fingerprint density at radius 3 is 2.30 bits per heavy atom. The average molecular weight is 284 g/mol. The van der Waals surface area contributed by atoms with Crippen molar-refractivity contribution in [2.45, 2.75) is 27.2 Å². The number of hydrogen-bond donors (Lipinski definition) is 1. The van der Waals surface area contributed by atoms with Gasteiger partial charge in [-0.25, -0.2) is 4.39 Å². The minimum Gasteiger partial charge on any atom is -0.490 e. The highest BCUT2D eigenvalue weighted by Gasteiger charge is 2.10. The molecule has 0 heterocycles. The van der Waals surface area contributed by atoms with Gasteiger partial charge in [0, 0.05) is 18.7 Å². The van der Waals surface area contributed by atoms with Gasteiger partial charge in [-0.15, -0.1) is 0 Å². The van der Waals surface area contributed by atoms with E-state index in [1.807, 2.05) is 6.92 Å². The van der Waals surface area contributed by atoms with E-state index in [2.05, 4.69) is 18.7 Å². The molecule has 20 heavy (non-hydrogen) atoms. The van der Waals surface area contributed by atoms with Gasteiger partial charge in [-0.1, -0.05) is 20.8 Å². The van der Waals surface area contributed by atoms with Gasteiger partial charge in [-0.2, -0.15) is 0 Å². The third kappa shape index (κ3) is 4.89. The normalized spacial score (nSPS) is 10.8. The Kier molecular flexibility index (Phi) is 7.15. The van der Waals surface area contributed by atoms with Crippen molar-refractivity contribution in [3.8, 4) is 11.5 Å². The Bertz CT molecular complexity index is 409. The van der Waals surface area contributed by atoms with E-state index in [1.54, 1.807) is 0 Å². The van der Waals surface area contributed by atoms with Crippen LogP contribution in [0, 0.1) is 5.82 Å². The van der Waals surface area contributed by atoms with Crippen molar-refractivity contribution >= 4 is 5.69 Å². The highest BCUT2D eigenvalue weighted by Crippen LogP contribution is 2.30. The number of hydrogen-bond acceptors (Lipinski definition) is 4. The maximum absolute atomic E-state index is 13.6. The molecule has 0 unspecified atom stereocenters. The van der Waals surface area contributed by atoms with E-state index in [0.717, 1.165) is 26.1 Å². The van der Waals surface area contributed by atoms with Gasteiger partial charge in [0.1, 0.15) is 12.4 Å². The van der Waals surface area contributed by atoms with Crippen molar-refractivity contribution in [1.82, 2.24) is 4.90 Å². The second-order valence-electron chi connectivity index (χ2n) is 4.54. The molecule has 4 nitrogen and oxygen atoms in total. The number of halogens is 1. The van der Waals surface area contributed by atoms with E-state index in [-0.39, 0.29) is 5.75 Å². The second kappa shape index (κ2) is 8.64. The summed E-state index contributed by atoms with van der Waals surface area (Å²) in [7, 11) is 0. The molecule has 0 aromatic heterocycles. The van der Waals surface area contributed by atoms with Crippen LogP contribution in [0.4, 0.5) is 10.1 Å². The van der Waals surface area contributed by atoms with Crippen LogP contribution in [0.25, 0.3) is 0 Å². The van der Waals surface area contributed by atoms with Gasteiger partial charge >= 0.3 is 0 Å². The number of ether oxygens (including phenoxy) is 2. The van der Waals surface area contributed by atoms with Gasteiger partial charge in [0.15, 0.2) is 11.6 Å². The Labute approximate surface area is 120 Å². The van der Waals surface area contributed by atoms with Crippen molar-refractivity contribution < 1.29 is 13.9 Å². The number of anilines is 1. The van der Waals surface area contributed by atoms with E-state index in [9.17, 15) is 4.39 Å². The molecule has 1 aromatic rings. The SMILES string of the molecule is CCCOc1cc(OCCN(CC)CC)c(N)cc1F. The first kappa shape index (κ1) is 16.6. The van der Waals surface area contributed by atoms with E-state index < -0.39 is 5.82 Å². The summed E-state index contributed by atoms with van der Waals surface area (Å²) in [4.78, 5) is 2.24. The fourth-order valence-electron chi connectivity index (χ4n) is 1.82. The molecular weight excluding hydrogens is 259 g/mol. The van der Waals surface area contributed by atoms with Gasteiger partial charge in [0.2, 0.25) is 0 Å². The summed E-state index contributed by atoms with van der Waals surface area (Å²) in [5.41, 5.74) is 6.06. The van der Waals surface area contributed by atoms with E-state index in [4.69, 9.17) is 15.2 Å². The summed E-state index contributed by atoms with van der Waals surface area (Å²) in [5, 5.41) is 0. The molecule has 0 aliphatic heterocycles. The third-order valence-corrected chi connectivity index (χ3v) is 3.09. The minimum atomic E-state index is -0.452. The van der Waals surface area contributed by atoms with Crippen molar-refractivity contribution in [3.05, 3.63) is 17.9 Å². The van der Waals surface area contributed by atoms with Gasteiger partial charge in [-0.3, -0.25) is 0 Å². The molecule has 0 spiro atoms. The Morgan fingerprint density at radius 1 is 1.05 bits per heavy atom. The molecule has 0 aliphatic rings. The standard InChI is InChI=1S/C15H25FN2O2/c1-4-8-19-14-11-15(13(17)10-12(14)16)20-9-7-18(5-2)6-3/h10-11H,4-9,17H2,1-3H3. The number of likely N-dealkylation sites (N-methyl/N-ethyl adjacent to an activating group) is 1. The lowest BCUT2D eigenvalue weighted by molar-refractivity contribution is 0.222. The summed E-state index contributed by atoms with van der Waals surface area (Å²) in [6.45, 7) is 9.93. The molecule has 0 atom stereocenters. The first-order chi connectivity index (χ1) is 9.62. The van der Waals surface area contributed by atoms with Crippen LogP contribution in [0.1, 0.15) is 27.2 Å². The number of nitrogens with zero attached hydrogens (tertiary/aromatic N) is 1. The van der Waals surface area contributed by atoms with E-state index in [1.165, 1.54) is 12.1 Å². The molecule has 5 heteroatoms. The van der Waals surface area contributed by atoms with Crippen LogP contribution in [-0.2, 0) is 0 Å². The maximum atomic E-state index is 13.6. The maximum Gasteiger partial charge on any atom is 0.167 e. The molecule has 1 rings (SSSR count). The molecule has 0 fully saturated rings. The van der Waals surface area contributed by atoms with Crippen LogP contribution in [-0.4, -0.2) is 37.7 Å². The lowest BCUT2D eigenvalue weighted by atomic mass is 10.2. The van der Waals surface area contributed by atoms with Crippen molar-refractivity contribution in [2.75, 3.05) is 38.6 Å². The third-order valence-electron chi connectivity index (χ3n) is 3.09. The van der Waals surface area contributed by atoms with E-state index >= 15 is 0 Å². The van der Waals surface area contributed by atoms with Crippen LogP contribution in [0.15, 0.2) is 12.1 Å². The number of benzene rings is 1. The summed E-state index contributed by atoms with van der Waals surface area (Å²) < 4.78 is 24.6. The molecule has 1 aromatic carbocycles. The van der Waals surface area contributed by atoms with Gasteiger partial charge < -0.3 is 20.1 Å². The fraction of sp³-hybridized carbons (Fsp3) is 0.600. The molecule has 0 bridgehead atoms. The van der Waals surface area contributed by atoms with Crippen LogP contribution in [0.3, 0.4) is 0 Å². The molecule has 0 amide bonds.